The highest BCUT2D eigenvalue weighted by Gasteiger charge is 2.57. The molecule has 31 heavy (non-hydrogen) atoms. The first-order chi connectivity index (χ1) is 15.0. The molecule has 1 aromatic carbocycles. The Morgan fingerprint density at radius 1 is 1.26 bits per heavy atom. The zero-order valence-electron chi connectivity index (χ0n) is 17.2. The Hall–Kier alpha value is -3.13. The highest BCUT2D eigenvalue weighted by atomic mass is 35.5. The lowest BCUT2D eigenvalue weighted by Gasteiger charge is -2.19. The van der Waals surface area contributed by atoms with Crippen LogP contribution in [0.5, 0.6) is 0 Å². The average Bonchev–Trinajstić information content (AvgIpc) is 3.19. The zero-order valence-corrected chi connectivity index (χ0v) is 18.0. The summed E-state index contributed by atoms with van der Waals surface area (Å²) in [6.45, 7) is 3.54. The molecule has 2 aliphatic rings. The zero-order chi connectivity index (χ0) is 21.7. The van der Waals surface area contributed by atoms with Crippen molar-refractivity contribution in [2.75, 3.05) is 25.0 Å². The van der Waals surface area contributed by atoms with Gasteiger partial charge in [-0.2, -0.15) is 4.98 Å². The molecular formula is C22H22ClN5O3. The lowest BCUT2D eigenvalue weighted by Crippen LogP contribution is -2.34. The van der Waals surface area contributed by atoms with Crippen molar-refractivity contribution in [2.45, 2.75) is 13.0 Å². The summed E-state index contributed by atoms with van der Waals surface area (Å²) >= 11 is 6.30. The summed E-state index contributed by atoms with van der Waals surface area (Å²) in [6.07, 6.45) is 1.47. The topological polar surface area (TPSA) is 89.4 Å². The van der Waals surface area contributed by atoms with Crippen LogP contribution in [-0.2, 0) is 11.8 Å². The first kappa shape index (κ1) is 19.8. The minimum Gasteiger partial charge on any atom is -0.450 e. The van der Waals surface area contributed by atoms with Gasteiger partial charge in [-0.05, 0) is 19.1 Å². The second kappa shape index (κ2) is 7.53. The normalized spacial score (nSPS) is 21.8. The van der Waals surface area contributed by atoms with Gasteiger partial charge in [-0.25, -0.2) is 9.78 Å². The summed E-state index contributed by atoms with van der Waals surface area (Å²) in [5, 5.41) is 4.65. The number of ether oxygens (including phenoxy) is 1. The largest absolute Gasteiger partial charge is 0.450 e. The van der Waals surface area contributed by atoms with Gasteiger partial charge in [0.2, 0.25) is 5.95 Å². The van der Waals surface area contributed by atoms with Gasteiger partial charge in [0.1, 0.15) is 5.65 Å². The van der Waals surface area contributed by atoms with Crippen LogP contribution in [0.25, 0.3) is 22.2 Å². The molecule has 1 saturated carbocycles. The number of anilines is 1. The molecule has 8 nitrogen and oxygen atoms in total. The fourth-order valence-corrected chi connectivity index (χ4v) is 4.68. The second-order valence-corrected chi connectivity index (χ2v) is 8.38. The van der Waals surface area contributed by atoms with Gasteiger partial charge in [-0.15, -0.1) is 0 Å². The predicted octanol–water partition coefficient (Wildman–Crippen LogP) is 3.15. The third-order valence-corrected chi connectivity index (χ3v) is 6.46. The van der Waals surface area contributed by atoms with Crippen molar-refractivity contribution >= 4 is 34.7 Å². The number of halogens is 1. The molecule has 0 bridgehead atoms. The van der Waals surface area contributed by atoms with Crippen LogP contribution in [0.2, 0.25) is 5.02 Å². The van der Waals surface area contributed by atoms with E-state index in [2.05, 4.69) is 15.3 Å². The maximum Gasteiger partial charge on any atom is 0.409 e. The number of carbonyl (C=O) groups is 1. The third-order valence-electron chi connectivity index (χ3n) is 6.13. The highest BCUT2D eigenvalue weighted by Crippen LogP contribution is 2.47. The minimum absolute atomic E-state index is 0.168. The number of pyridine rings is 1. The van der Waals surface area contributed by atoms with Crippen molar-refractivity contribution in [1.29, 1.82) is 0 Å². The Morgan fingerprint density at radius 2 is 2.00 bits per heavy atom. The fourth-order valence-electron chi connectivity index (χ4n) is 4.44. The van der Waals surface area contributed by atoms with E-state index in [1.165, 1.54) is 4.57 Å². The highest BCUT2D eigenvalue weighted by molar-refractivity contribution is 6.33. The molecule has 1 N–H and O–H groups in total. The number of rotatable bonds is 4. The summed E-state index contributed by atoms with van der Waals surface area (Å²) in [4.78, 5) is 35.6. The van der Waals surface area contributed by atoms with Gasteiger partial charge in [0, 0.05) is 65.7 Å². The van der Waals surface area contributed by atoms with Gasteiger partial charge in [-0.3, -0.25) is 9.36 Å². The van der Waals surface area contributed by atoms with E-state index in [1.807, 2.05) is 18.2 Å². The van der Waals surface area contributed by atoms with E-state index >= 15 is 0 Å². The number of nitrogens with one attached hydrogen (secondary N) is 1. The third kappa shape index (κ3) is 3.40. The molecule has 3 heterocycles. The van der Waals surface area contributed by atoms with Gasteiger partial charge >= 0.3 is 6.09 Å². The molecule has 0 spiro atoms. The standard InChI is InChI=1S/C22H22ClN5O3/c1-3-31-22(30)28-10-15-16(11-28)18(15)25-21-24-9-12-8-14(13-6-4-5-7-17(13)23)20(29)27(2)19(12)26-21/h4-9,15-16,18H,3,10-11H2,1-2H3,(H,24,25,26). The number of aromatic nitrogens is 3. The maximum absolute atomic E-state index is 13.0. The van der Waals surface area contributed by atoms with Crippen LogP contribution in [0, 0.1) is 11.8 Å². The smallest absolute Gasteiger partial charge is 0.409 e. The number of fused-ring (bicyclic) bond motifs is 2. The Labute approximate surface area is 183 Å². The molecule has 2 aromatic heterocycles. The lowest BCUT2D eigenvalue weighted by atomic mass is 10.1. The number of carbonyl (C=O) groups excluding carboxylic acids is 1. The first-order valence-corrected chi connectivity index (χ1v) is 10.7. The van der Waals surface area contributed by atoms with Crippen LogP contribution in [-0.4, -0.2) is 51.3 Å². The van der Waals surface area contributed by atoms with E-state index in [1.54, 1.807) is 37.2 Å². The molecule has 2 atom stereocenters. The van der Waals surface area contributed by atoms with E-state index in [4.69, 9.17) is 16.3 Å². The molecule has 1 amide bonds. The molecule has 2 unspecified atom stereocenters. The molecule has 5 rings (SSSR count). The van der Waals surface area contributed by atoms with E-state index in [0.717, 1.165) is 5.39 Å². The molecule has 1 aliphatic heterocycles. The second-order valence-electron chi connectivity index (χ2n) is 7.98. The number of benzene rings is 1. The lowest BCUT2D eigenvalue weighted by molar-refractivity contribution is 0.111. The molecule has 1 saturated heterocycles. The van der Waals surface area contributed by atoms with Crippen LogP contribution in [0.4, 0.5) is 10.7 Å². The Bertz CT molecular complexity index is 1230. The predicted molar refractivity (Wildman–Crippen MR) is 118 cm³/mol. The van der Waals surface area contributed by atoms with Crippen LogP contribution >= 0.6 is 11.6 Å². The van der Waals surface area contributed by atoms with Crippen molar-refractivity contribution in [1.82, 2.24) is 19.4 Å². The summed E-state index contributed by atoms with van der Waals surface area (Å²) in [5.74, 6) is 1.22. The molecule has 9 heteroatoms. The molecule has 0 radical (unpaired) electrons. The summed E-state index contributed by atoms with van der Waals surface area (Å²) < 4.78 is 6.60. The number of hydrogen-bond donors (Lipinski definition) is 1. The summed E-state index contributed by atoms with van der Waals surface area (Å²) in [7, 11) is 1.70. The van der Waals surface area contributed by atoms with Crippen molar-refractivity contribution in [2.24, 2.45) is 18.9 Å². The van der Waals surface area contributed by atoms with Gasteiger partial charge in [0.05, 0.1) is 6.61 Å². The number of piperidine rings is 1. The van der Waals surface area contributed by atoms with Crippen molar-refractivity contribution < 1.29 is 9.53 Å². The molecule has 3 aromatic rings. The Morgan fingerprint density at radius 3 is 2.71 bits per heavy atom. The minimum atomic E-state index is -0.250. The Balaban J connectivity index is 1.37. The SMILES string of the molecule is CCOC(=O)N1CC2C(C1)C2Nc1ncc2cc(-c3ccccc3Cl)c(=O)n(C)c2n1. The van der Waals surface area contributed by atoms with E-state index < -0.39 is 0 Å². The summed E-state index contributed by atoms with van der Waals surface area (Å²) in [5.41, 5.74) is 1.59. The van der Waals surface area contributed by atoms with E-state index in [0.29, 0.717) is 59.3 Å². The van der Waals surface area contributed by atoms with Gasteiger partial charge in [0.25, 0.3) is 5.56 Å². The van der Waals surface area contributed by atoms with Gasteiger partial charge in [0.15, 0.2) is 0 Å². The van der Waals surface area contributed by atoms with Crippen LogP contribution in [0.1, 0.15) is 6.92 Å². The number of nitrogens with zero attached hydrogens (tertiary/aromatic N) is 4. The monoisotopic (exact) mass is 439 g/mol. The van der Waals surface area contributed by atoms with Crippen LogP contribution in [0.3, 0.4) is 0 Å². The molecular weight excluding hydrogens is 418 g/mol. The van der Waals surface area contributed by atoms with Crippen molar-refractivity contribution in [3.05, 3.63) is 51.9 Å². The molecule has 160 valence electrons. The number of likely N-dealkylation sites (tertiary alicyclic amines) is 1. The number of aryl methyl sites for hydroxylation is 1. The van der Waals surface area contributed by atoms with Crippen LogP contribution in [0.15, 0.2) is 41.3 Å². The Kier molecular flexibility index (Phi) is 4.81. The van der Waals surface area contributed by atoms with Gasteiger partial charge < -0.3 is 15.0 Å². The van der Waals surface area contributed by atoms with Gasteiger partial charge in [-0.1, -0.05) is 29.8 Å². The van der Waals surface area contributed by atoms with Crippen molar-refractivity contribution in [3.63, 3.8) is 0 Å². The number of hydrogen-bond acceptors (Lipinski definition) is 6. The number of amides is 1. The molecule has 1 aliphatic carbocycles. The van der Waals surface area contributed by atoms with Crippen molar-refractivity contribution in [3.8, 4) is 11.1 Å². The maximum atomic E-state index is 13.0. The molecule has 2 fully saturated rings. The summed E-state index contributed by atoms with van der Waals surface area (Å²) in [6, 6.07) is 9.28. The first-order valence-electron chi connectivity index (χ1n) is 10.3. The van der Waals surface area contributed by atoms with Crippen LogP contribution < -0.4 is 10.9 Å². The average molecular weight is 440 g/mol. The fraction of sp³-hybridized carbons (Fsp3) is 0.364. The quantitative estimate of drug-likeness (QED) is 0.671. The van der Waals surface area contributed by atoms with E-state index in [9.17, 15) is 9.59 Å². The van der Waals surface area contributed by atoms with E-state index in [-0.39, 0.29) is 17.7 Å².